The van der Waals surface area contributed by atoms with Crippen molar-refractivity contribution < 1.29 is 0 Å². The van der Waals surface area contributed by atoms with E-state index in [4.69, 9.17) is 15.0 Å². The first-order valence-electron chi connectivity index (χ1n) is 19.9. The third kappa shape index (κ3) is 4.36. The molecular formula is C51H38N4. The molecule has 4 bridgehead atoms. The smallest absolute Gasteiger partial charge is 0.164 e. The van der Waals surface area contributed by atoms with Crippen molar-refractivity contribution in [3.63, 3.8) is 0 Å². The molecule has 13 rings (SSSR count). The molecule has 0 saturated heterocycles. The predicted octanol–water partition coefficient (Wildman–Crippen LogP) is 11.6. The van der Waals surface area contributed by atoms with E-state index < -0.39 is 5.41 Å². The molecule has 6 aromatic carbocycles. The molecule has 0 amide bonds. The van der Waals surface area contributed by atoms with Crippen LogP contribution in [0, 0.1) is 29.1 Å². The number of aromatic nitrogens is 3. The number of hydrogen-bond donors (Lipinski definition) is 0. The standard InChI is InChI=1S/C51H38N4/c52-30-31-18-20-44-41(25-31)39-15-9-16-40(49-54-47(35-10-3-1-4-11-35)53-48(55-49)36-12-5-2-6-13-36)46(39)51(44)43-17-8-7-14-38(43)42-26-37(19-21-45(42)51)50-27-32-22-33(28-50)24-34(23-32)29-50/h1-21,25-26,32-34H,22-24,27-29H2. The van der Waals surface area contributed by atoms with Gasteiger partial charge in [-0.15, -0.1) is 0 Å². The minimum atomic E-state index is -0.617. The van der Waals surface area contributed by atoms with Crippen molar-refractivity contribution in [2.45, 2.75) is 49.4 Å². The van der Waals surface area contributed by atoms with E-state index in [1.807, 2.05) is 42.5 Å². The van der Waals surface area contributed by atoms with Crippen LogP contribution in [-0.2, 0) is 10.8 Å². The van der Waals surface area contributed by atoms with E-state index >= 15 is 0 Å². The van der Waals surface area contributed by atoms with Gasteiger partial charge in [0.2, 0.25) is 0 Å². The van der Waals surface area contributed by atoms with Gasteiger partial charge in [-0.1, -0.05) is 127 Å². The Bertz CT molecular complexity index is 2670. The maximum atomic E-state index is 10.2. The molecule has 4 saturated carbocycles. The highest BCUT2D eigenvalue weighted by Gasteiger charge is 2.55. The van der Waals surface area contributed by atoms with E-state index in [9.17, 15) is 5.26 Å². The zero-order valence-electron chi connectivity index (χ0n) is 30.5. The summed E-state index contributed by atoms with van der Waals surface area (Å²) in [5, 5.41) is 10.2. The Kier molecular flexibility index (Phi) is 6.48. The third-order valence-electron chi connectivity index (χ3n) is 13.9. The number of nitrogens with zero attached hydrogens (tertiary/aromatic N) is 4. The fraction of sp³-hybridized carbons (Fsp3) is 0.216. The van der Waals surface area contributed by atoms with Crippen molar-refractivity contribution in [2.75, 3.05) is 0 Å². The average molecular weight is 707 g/mol. The van der Waals surface area contributed by atoms with E-state index in [0.29, 0.717) is 28.5 Å². The van der Waals surface area contributed by atoms with Gasteiger partial charge in [0.05, 0.1) is 17.0 Å². The third-order valence-corrected chi connectivity index (χ3v) is 13.9. The summed E-state index contributed by atoms with van der Waals surface area (Å²) in [5.74, 6) is 4.58. The van der Waals surface area contributed by atoms with Crippen LogP contribution in [0.1, 0.15) is 71.9 Å². The van der Waals surface area contributed by atoms with Crippen molar-refractivity contribution in [2.24, 2.45) is 17.8 Å². The van der Waals surface area contributed by atoms with Crippen LogP contribution in [0.25, 0.3) is 56.4 Å². The van der Waals surface area contributed by atoms with E-state index in [0.717, 1.165) is 45.6 Å². The Labute approximate surface area is 321 Å². The molecule has 4 heteroatoms. The lowest BCUT2D eigenvalue weighted by atomic mass is 9.48. The molecule has 6 aliphatic rings. The van der Waals surface area contributed by atoms with Gasteiger partial charge in [0, 0.05) is 16.7 Å². The van der Waals surface area contributed by atoms with E-state index in [2.05, 4.69) is 103 Å². The minimum Gasteiger partial charge on any atom is -0.208 e. The second-order valence-corrected chi connectivity index (χ2v) is 16.9. The topological polar surface area (TPSA) is 62.5 Å². The molecule has 1 spiro atoms. The SMILES string of the molecule is N#Cc1ccc2c(c1)-c1cccc(-c3nc(-c4ccccc4)nc(-c4ccccc4)n3)c1C21c2ccccc2-c2cc(C34CC5CC(CC(C5)C3)C4)ccc21. The van der Waals surface area contributed by atoms with Crippen LogP contribution in [0.4, 0.5) is 0 Å². The highest BCUT2D eigenvalue weighted by Crippen LogP contribution is 2.66. The summed E-state index contributed by atoms with van der Waals surface area (Å²) >= 11 is 0. The van der Waals surface area contributed by atoms with Crippen molar-refractivity contribution in [1.82, 2.24) is 15.0 Å². The van der Waals surface area contributed by atoms with Gasteiger partial charge in [-0.25, -0.2) is 15.0 Å². The van der Waals surface area contributed by atoms with Gasteiger partial charge in [-0.2, -0.15) is 5.26 Å². The van der Waals surface area contributed by atoms with Crippen molar-refractivity contribution >= 4 is 0 Å². The van der Waals surface area contributed by atoms with Crippen molar-refractivity contribution in [1.29, 1.82) is 5.26 Å². The largest absolute Gasteiger partial charge is 0.208 e. The average Bonchev–Trinajstić information content (AvgIpc) is 3.70. The van der Waals surface area contributed by atoms with Gasteiger partial charge < -0.3 is 0 Å². The molecule has 0 aliphatic heterocycles. The summed E-state index contributed by atoms with van der Waals surface area (Å²) < 4.78 is 0. The zero-order chi connectivity index (χ0) is 36.3. The van der Waals surface area contributed by atoms with Gasteiger partial charge in [0.15, 0.2) is 17.5 Å². The van der Waals surface area contributed by atoms with Crippen LogP contribution in [0.15, 0.2) is 140 Å². The molecule has 4 fully saturated rings. The lowest BCUT2D eigenvalue weighted by Crippen LogP contribution is -2.48. The predicted molar refractivity (Wildman–Crippen MR) is 217 cm³/mol. The number of nitriles is 1. The van der Waals surface area contributed by atoms with E-state index in [-0.39, 0.29) is 0 Å². The minimum absolute atomic E-state index is 0.291. The lowest BCUT2D eigenvalue weighted by molar-refractivity contribution is -0.00517. The van der Waals surface area contributed by atoms with Crippen LogP contribution in [-0.4, -0.2) is 15.0 Å². The molecule has 55 heavy (non-hydrogen) atoms. The number of benzene rings is 6. The molecule has 1 atom stereocenters. The Morgan fingerprint density at radius 3 is 1.65 bits per heavy atom. The van der Waals surface area contributed by atoms with Gasteiger partial charge in [0.1, 0.15) is 0 Å². The first kappa shape index (κ1) is 31.2. The van der Waals surface area contributed by atoms with Crippen molar-refractivity contribution in [3.05, 3.63) is 173 Å². The molecule has 1 aromatic heterocycles. The zero-order valence-corrected chi connectivity index (χ0v) is 30.5. The van der Waals surface area contributed by atoms with Crippen molar-refractivity contribution in [3.8, 4) is 62.5 Å². The highest BCUT2D eigenvalue weighted by atomic mass is 15.0. The Hall–Kier alpha value is -6.18. The molecular weight excluding hydrogens is 669 g/mol. The Balaban J connectivity index is 1.14. The van der Waals surface area contributed by atoms with Crippen LogP contribution < -0.4 is 0 Å². The molecule has 1 unspecified atom stereocenters. The van der Waals surface area contributed by atoms with Gasteiger partial charge >= 0.3 is 0 Å². The molecule has 4 nitrogen and oxygen atoms in total. The van der Waals surface area contributed by atoms with Crippen LogP contribution in [0.3, 0.4) is 0 Å². The fourth-order valence-corrected chi connectivity index (χ4v) is 12.2. The second-order valence-electron chi connectivity index (χ2n) is 16.9. The molecule has 262 valence electrons. The van der Waals surface area contributed by atoms with Crippen LogP contribution in [0.5, 0.6) is 0 Å². The molecule has 7 aromatic rings. The van der Waals surface area contributed by atoms with E-state index in [1.165, 1.54) is 71.9 Å². The van der Waals surface area contributed by atoms with Gasteiger partial charge in [-0.05, 0) is 124 Å². The molecule has 6 aliphatic carbocycles. The number of fused-ring (bicyclic) bond motifs is 10. The normalized spacial score (nSPS) is 24.6. The summed E-state index contributed by atoms with van der Waals surface area (Å²) in [6.45, 7) is 0. The Morgan fingerprint density at radius 2 is 1.00 bits per heavy atom. The summed E-state index contributed by atoms with van der Waals surface area (Å²) in [5.41, 5.74) is 14.6. The van der Waals surface area contributed by atoms with Gasteiger partial charge in [0.25, 0.3) is 0 Å². The lowest BCUT2D eigenvalue weighted by Gasteiger charge is -2.57. The highest BCUT2D eigenvalue weighted by molar-refractivity contribution is 5.98. The maximum Gasteiger partial charge on any atom is 0.164 e. The molecule has 1 heterocycles. The number of hydrogen-bond acceptors (Lipinski definition) is 4. The quantitative estimate of drug-likeness (QED) is 0.183. The van der Waals surface area contributed by atoms with E-state index in [1.54, 1.807) is 5.56 Å². The number of rotatable bonds is 4. The molecule has 0 N–H and O–H groups in total. The summed E-state index contributed by atoms with van der Waals surface area (Å²) in [6, 6.07) is 52.4. The first-order chi connectivity index (χ1) is 27.1. The summed E-state index contributed by atoms with van der Waals surface area (Å²) in [6.07, 6.45) is 8.32. The maximum absolute atomic E-state index is 10.2. The first-order valence-corrected chi connectivity index (χ1v) is 19.9. The fourth-order valence-electron chi connectivity index (χ4n) is 12.2. The molecule has 0 radical (unpaired) electrons. The monoisotopic (exact) mass is 706 g/mol. The van der Waals surface area contributed by atoms with Crippen LogP contribution in [0.2, 0.25) is 0 Å². The Morgan fingerprint density at radius 1 is 0.473 bits per heavy atom. The summed E-state index contributed by atoms with van der Waals surface area (Å²) in [4.78, 5) is 15.6. The van der Waals surface area contributed by atoms with Crippen LogP contribution >= 0.6 is 0 Å². The van der Waals surface area contributed by atoms with Gasteiger partial charge in [-0.3, -0.25) is 0 Å². The second kappa shape index (κ2) is 11.4. The summed E-state index contributed by atoms with van der Waals surface area (Å²) in [7, 11) is 0.